The molecule has 3 aromatic rings. The van der Waals surface area contributed by atoms with Gasteiger partial charge in [0.1, 0.15) is 12.1 Å². The molecule has 0 unspecified atom stereocenters. The number of carbonyl (C=O) groups is 2. The molecule has 13 nitrogen and oxygen atoms in total. The topological polar surface area (TPSA) is 150 Å². The van der Waals surface area contributed by atoms with Gasteiger partial charge in [-0.3, -0.25) is 15.0 Å². The Morgan fingerprint density at radius 1 is 1.14 bits per heavy atom. The number of aromatic nitrogens is 3. The molecule has 2 saturated heterocycles. The Morgan fingerprint density at radius 2 is 1.88 bits per heavy atom. The van der Waals surface area contributed by atoms with Crippen LogP contribution in [0.5, 0.6) is 0 Å². The first kappa shape index (κ1) is 31.0. The number of para-hydroxylation sites is 1. The molecule has 0 radical (unpaired) electrons. The maximum Gasteiger partial charge on any atom is 0.413 e. The largest absolute Gasteiger partial charge is 0.453 e. The molecule has 1 aromatic carbocycles. The zero-order chi connectivity index (χ0) is 30.9. The van der Waals surface area contributed by atoms with Gasteiger partial charge in [0, 0.05) is 56.2 Å². The molecule has 1 atom stereocenters. The number of piperazine rings is 1. The van der Waals surface area contributed by atoms with Crippen LogP contribution in [0, 0.1) is 6.92 Å². The molecule has 232 valence electrons. The summed E-state index contributed by atoms with van der Waals surface area (Å²) < 4.78 is 32.8. The summed E-state index contributed by atoms with van der Waals surface area (Å²) in [5, 5.41) is 6.88. The van der Waals surface area contributed by atoms with Gasteiger partial charge in [-0.1, -0.05) is 17.4 Å². The number of thiazole rings is 1. The standard InChI is InChI=1S/C28H38N8O5S2/c1-18(16-34-12-14-35(15-13-34)43(39,40)25-19(2)32-26(42-25)33-27(38)41-5)31-23-20-8-6-9-21(22(20)29-17-30-23)24(37)36-11-7-10-28(36,3)4/h6,8-9,17-18H,7,10-16H2,1-5H3,(H,29,30,31)(H,32,33,38)/t18-/m0/s1. The molecule has 2 aliphatic heterocycles. The number of methoxy groups -OCH3 is 1. The minimum absolute atomic E-state index is 0.00572. The van der Waals surface area contributed by atoms with Crippen LogP contribution in [0.3, 0.4) is 0 Å². The number of amides is 2. The second-order valence-electron chi connectivity index (χ2n) is 11.6. The van der Waals surface area contributed by atoms with Crippen molar-refractivity contribution < 1.29 is 22.7 Å². The van der Waals surface area contributed by atoms with Gasteiger partial charge in [0.05, 0.1) is 23.9 Å². The van der Waals surface area contributed by atoms with Gasteiger partial charge in [-0.2, -0.15) is 4.31 Å². The zero-order valence-electron chi connectivity index (χ0n) is 25.1. The van der Waals surface area contributed by atoms with Crippen molar-refractivity contribution >= 4 is 55.2 Å². The van der Waals surface area contributed by atoms with Gasteiger partial charge in [0.15, 0.2) is 9.34 Å². The van der Waals surface area contributed by atoms with Gasteiger partial charge in [-0.15, -0.1) is 0 Å². The molecule has 2 aromatic heterocycles. The molecular formula is C28H38N8O5S2. The van der Waals surface area contributed by atoms with Crippen LogP contribution in [0.2, 0.25) is 0 Å². The molecule has 0 saturated carbocycles. The van der Waals surface area contributed by atoms with Crippen LogP contribution >= 0.6 is 11.3 Å². The van der Waals surface area contributed by atoms with Gasteiger partial charge in [-0.25, -0.2) is 28.2 Å². The van der Waals surface area contributed by atoms with Crippen LogP contribution in [0.25, 0.3) is 10.9 Å². The highest BCUT2D eigenvalue weighted by Gasteiger charge is 2.37. The predicted molar refractivity (Wildman–Crippen MR) is 165 cm³/mol. The van der Waals surface area contributed by atoms with Crippen LogP contribution in [-0.2, 0) is 14.8 Å². The predicted octanol–water partition coefficient (Wildman–Crippen LogP) is 3.39. The van der Waals surface area contributed by atoms with Gasteiger partial charge >= 0.3 is 6.09 Å². The number of aryl methyl sites for hydroxylation is 1. The number of sulfonamides is 1. The van der Waals surface area contributed by atoms with Gasteiger partial charge in [-0.05, 0) is 52.7 Å². The molecular weight excluding hydrogens is 592 g/mol. The van der Waals surface area contributed by atoms with E-state index in [9.17, 15) is 18.0 Å². The Labute approximate surface area is 255 Å². The highest BCUT2D eigenvalue weighted by atomic mass is 32.2. The van der Waals surface area contributed by atoms with Crippen LogP contribution in [0.4, 0.5) is 15.7 Å². The number of nitrogens with zero attached hydrogens (tertiary/aromatic N) is 6. The number of hydrogen-bond acceptors (Lipinski definition) is 11. The smallest absolute Gasteiger partial charge is 0.413 e. The van der Waals surface area contributed by atoms with E-state index in [-0.39, 0.29) is 26.8 Å². The highest BCUT2D eigenvalue weighted by Crippen LogP contribution is 2.33. The second-order valence-corrected chi connectivity index (χ2v) is 14.7. The van der Waals surface area contributed by atoms with E-state index in [2.05, 4.69) is 56.0 Å². The van der Waals surface area contributed by atoms with E-state index in [1.54, 1.807) is 6.92 Å². The van der Waals surface area contributed by atoms with Crippen molar-refractivity contribution in [2.75, 3.05) is 57.0 Å². The van der Waals surface area contributed by atoms with Crippen LogP contribution in [0.15, 0.2) is 28.7 Å². The van der Waals surface area contributed by atoms with E-state index in [1.807, 2.05) is 23.1 Å². The molecule has 0 spiro atoms. The molecule has 0 bridgehead atoms. The van der Waals surface area contributed by atoms with Gasteiger partial charge < -0.3 is 15.0 Å². The molecule has 2 aliphatic rings. The van der Waals surface area contributed by atoms with Crippen molar-refractivity contribution in [2.24, 2.45) is 0 Å². The number of ether oxygens (including phenoxy) is 1. The Morgan fingerprint density at radius 3 is 2.56 bits per heavy atom. The maximum atomic E-state index is 13.5. The number of hydrogen-bond donors (Lipinski definition) is 2. The average molecular weight is 631 g/mol. The van der Waals surface area contributed by atoms with Crippen molar-refractivity contribution in [1.29, 1.82) is 0 Å². The third-order valence-electron chi connectivity index (χ3n) is 8.01. The van der Waals surface area contributed by atoms with Crippen molar-refractivity contribution in [3.05, 3.63) is 35.8 Å². The lowest BCUT2D eigenvalue weighted by Gasteiger charge is -2.35. The summed E-state index contributed by atoms with van der Waals surface area (Å²) in [4.78, 5) is 42.3. The number of benzene rings is 1. The first-order chi connectivity index (χ1) is 20.4. The number of rotatable bonds is 8. The Balaban J connectivity index is 1.22. The van der Waals surface area contributed by atoms with Gasteiger partial charge in [0.25, 0.3) is 15.9 Å². The molecule has 4 heterocycles. The number of fused-ring (bicyclic) bond motifs is 1. The lowest BCUT2D eigenvalue weighted by Crippen LogP contribution is -2.50. The van der Waals surface area contributed by atoms with Crippen molar-refractivity contribution in [3.8, 4) is 0 Å². The van der Waals surface area contributed by atoms with Crippen molar-refractivity contribution in [3.63, 3.8) is 0 Å². The quantitative estimate of drug-likeness (QED) is 0.379. The fourth-order valence-electron chi connectivity index (χ4n) is 5.75. The molecule has 5 rings (SSSR count). The third kappa shape index (κ3) is 6.44. The Hall–Kier alpha value is -3.40. The first-order valence-electron chi connectivity index (χ1n) is 14.3. The van der Waals surface area contributed by atoms with E-state index in [0.29, 0.717) is 55.3 Å². The van der Waals surface area contributed by atoms with E-state index < -0.39 is 16.1 Å². The summed E-state index contributed by atoms with van der Waals surface area (Å²) in [6.07, 6.45) is 2.75. The lowest BCUT2D eigenvalue weighted by molar-refractivity contribution is 0.0653. The van der Waals surface area contributed by atoms with Crippen molar-refractivity contribution in [2.45, 2.75) is 56.3 Å². The molecule has 2 fully saturated rings. The monoisotopic (exact) mass is 630 g/mol. The SMILES string of the molecule is COC(=O)Nc1nc(C)c(S(=O)(=O)N2CCN(C[C@H](C)Nc3ncnc4c(C(=O)N5CCCC5(C)C)cccc34)CC2)s1. The van der Waals surface area contributed by atoms with Crippen LogP contribution < -0.4 is 10.6 Å². The Kier molecular flexibility index (Phi) is 8.88. The molecule has 2 amide bonds. The average Bonchev–Trinajstić information content (AvgIpc) is 3.53. The third-order valence-corrected chi connectivity index (χ3v) is 11.6. The van der Waals surface area contributed by atoms with Crippen molar-refractivity contribution in [1.82, 2.24) is 29.1 Å². The number of anilines is 2. The normalized spacial score (nSPS) is 18.5. The zero-order valence-corrected chi connectivity index (χ0v) is 26.7. The number of nitrogens with one attached hydrogen (secondary N) is 2. The molecule has 43 heavy (non-hydrogen) atoms. The maximum absolute atomic E-state index is 13.5. The first-order valence-corrected chi connectivity index (χ1v) is 16.5. The molecule has 15 heteroatoms. The lowest BCUT2D eigenvalue weighted by atomic mass is 10.0. The second kappa shape index (κ2) is 12.3. The summed E-state index contributed by atoms with van der Waals surface area (Å²) in [7, 11) is -2.53. The van der Waals surface area contributed by atoms with Gasteiger partial charge in [0.2, 0.25) is 0 Å². The number of carbonyl (C=O) groups excluding carboxylic acids is 2. The van der Waals surface area contributed by atoms with E-state index in [1.165, 1.54) is 17.7 Å². The van der Waals surface area contributed by atoms with Crippen LogP contribution in [-0.4, -0.2) is 107 Å². The van der Waals surface area contributed by atoms with Crippen LogP contribution in [0.1, 0.15) is 49.7 Å². The minimum atomic E-state index is -3.76. The Bertz CT molecular complexity index is 1620. The van der Waals surface area contributed by atoms with E-state index in [0.717, 1.165) is 36.1 Å². The summed E-state index contributed by atoms with van der Waals surface area (Å²) in [5.74, 6) is 0.647. The minimum Gasteiger partial charge on any atom is -0.453 e. The summed E-state index contributed by atoms with van der Waals surface area (Å²) in [6, 6.07) is 5.62. The number of likely N-dealkylation sites (tertiary alicyclic amines) is 1. The van der Waals surface area contributed by atoms with E-state index >= 15 is 0 Å². The highest BCUT2D eigenvalue weighted by molar-refractivity contribution is 7.91. The van der Waals surface area contributed by atoms with E-state index in [4.69, 9.17) is 0 Å². The molecule has 0 aliphatic carbocycles. The fourth-order valence-corrected chi connectivity index (χ4v) is 8.71. The fraction of sp³-hybridized carbons (Fsp3) is 0.536. The summed E-state index contributed by atoms with van der Waals surface area (Å²) in [5.41, 5.74) is 1.35. The summed E-state index contributed by atoms with van der Waals surface area (Å²) in [6.45, 7) is 11.1. The summed E-state index contributed by atoms with van der Waals surface area (Å²) >= 11 is 0.915. The molecule has 2 N–H and O–H groups in total.